The summed E-state index contributed by atoms with van der Waals surface area (Å²) in [4.78, 5) is 2.58. The largest absolute Gasteiger partial charge is 0.309 e. The van der Waals surface area contributed by atoms with Gasteiger partial charge in [0.15, 0.2) is 0 Å². The molecular formula is C10H23ClN2S. The summed E-state index contributed by atoms with van der Waals surface area (Å²) in [6.07, 6.45) is 0. The highest BCUT2D eigenvalue weighted by Crippen LogP contribution is 2.06. The topological polar surface area (TPSA) is 15.3 Å². The van der Waals surface area contributed by atoms with E-state index in [1.807, 2.05) is 11.8 Å². The third-order valence-corrected chi connectivity index (χ3v) is 3.27. The normalized spacial score (nSPS) is 28.5. The van der Waals surface area contributed by atoms with E-state index >= 15 is 0 Å². The number of piperazine rings is 1. The van der Waals surface area contributed by atoms with Crippen molar-refractivity contribution in [1.29, 1.82) is 0 Å². The van der Waals surface area contributed by atoms with Crippen LogP contribution in [0.1, 0.15) is 20.8 Å². The molecule has 0 aliphatic carbocycles. The molecule has 0 saturated carbocycles. The lowest BCUT2D eigenvalue weighted by atomic mass is 10.1. The predicted molar refractivity (Wildman–Crippen MR) is 68.7 cm³/mol. The quantitative estimate of drug-likeness (QED) is 0.753. The molecule has 1 aliphatic rings. The average molecular weight is 239 g/mol. The molecule has 1 N–H and O–H groups in total. The molecule has 2 atom stereocenters. The fourth-order valence-corrected chi connectivity index (χ4v) is 2.64. The number of nitrogens with one attached hydrogen (secondary N) is 1. The van der Waals surface area contributed by atoms with Crippen LogP contribution in [-0.2, 0) is 0 Å². The molecule has 14 heavy (non-hydrogen) atoms. The van der Waals surface area contributed by atoms with Crippen LogP contribution in [0.2, 0.25) is 0 Å². The van der Waals surface area contributed by atoms with Gasteiger partial charge in [-0.1, -0.05) is 6.92 Å². The van der Waals surface area contributed by atoms with Crippen molar-refractivity contribution in [3.63, 3.8) is 0 Å². The number of hydrogen-bond donors (Lipinski definition) is 1. The van der Waals surface area contributed by atoms with E-state index < -0.39 is 0 Å². The maximum atomic E-state index is 3.55. The molecule has 1 fully saturated rings. The highest BCUT2D eigenvalue weighted by Gasteiger charge is 2.19. The number of thioether (sulfide) groups is 1. The van der Waals surface area contributed by atoms with Crippen molar-refractivity contribution in [2.24, 2.45) is 0 Å². The van der Waals surface area contributed by atoms with Crippen LogP contribution in [0.25, 0.3) is 0 Å². The first-order valence-electron chi connectivity index (χ1n) is 5.28. The van der Waals surface area contributed by atoms with Gasteiger partial charge in [0.2, 0.25) is 0 Å². The Bertz CT molecular complexity index is 136. The van der Waals surface area contributed by atoms with Crippen molar-refractivity contribution in [2.75, 3.05) is 31.1 Å². The minimum atomic E-state index is 0. The molecule has 1 rings (SSSR count). The summed E-state index contributed by atoms with van der Waals surface area (Å²) in [6.45, 7) is 10.5. The lowest BCUT2D eigenvalue weighted by Crippen LogP contribution is -2.54. The monoisotopic (exact) mass is 238 g/mol. The van der Waals surface area contributed by atoms with Crippen LogP contribution in [0.3, 0.4) is 0 Å². The minimum Gasteiger partial charge on any atom is -0.309 e. The van der Waals surface area contributed by atoms with Crippen molar-refractivity contribution >= 4 is 24.2 Å². The molecule has 0 aromatic carbocycles. The lowest BCUT2D eigenvalue weighted by Gasteiger charge is -2.36. The summed E-state index contributed by atoms with van der Waals surface area (Å²) in [5.74, 6) is 2.53. The summed E-state index contributed by atoms with van der Waals surface area (Å²) >= 11 is 2.04. The van der Waals surface area contributed by atoms with Gasteiger partial charge in [0.05, 0.1) is 0 Å². The van der Waals surface area contributed by atoms with E-state index in [-0.39, 0.29) is 12.4 Å². The highest BCUT2D eigenvalue weighted by molar-refractivity contribution is 7.99. The first-order chi connectivity index (χ1) is 6.22. The molecule has 0 aromatic heterocycles. The molecule has 1 heterocycles. The van der Waals surface area contributed by atoms with Gasteiger partial charge >= 0.3 is 0 Å². The average Bonchev–Trinajstić information content (AvgIpc) is 2.03. The zero-order valence-electron chi connectivity index (χ0n) is 9.45. The molecule has 0 spiro atoms. The van der Waals surface area contributed by atoms with Crippen molar-refractivity contribution < 1.29 is 0 Å². The van der Waals surface area contributed by atoms with E-state index in [0.717, 1.165) is 0 Å². The van der Waals surface area contributed by atoms with Crippen LogP contribution < -0.4 is 5.32 Å². The number of rotatable bonds is 4. The van der Waals surface area contributed by atoms with Gasteiger partial charge in [0.25, 0.3) is 0 Å². The van der Waals surface area contributed by atoms with Gasteiger partial charge in [-0.25, -0.2) is 0 Å². The summed E-state index contributed by atoms with van der Waals surface area (Å²) in [6, 6.07) is 1.32. The second-order valence-electron chi connectivity index (χ2n) is 3.93. The van der Waals surface area contributed by atoms with Crippen molar-refractivity contribution in [2.45, 2.75) is 32.9 Å². The maximum Gasteiger partial charge on any atom is 0.0169 e. The Morgan fingerprint density at radius 3 is 2.36 bits per heavy atom. The van der Waals surface area contributed by atoms with Crippen LogP contribution in [0.5, 0.6) is 0 Å². The van der Waals surface area contributed by atoms with Crippen LogP contribution >= 0.6 is 24.2 Å². The lowest BCUT2D eigenvalue weighted by molar-refractivity contribution is 0.183. The third kappa shape index (κ3) is 5.44. The van der Waals surface area contributed by atoms with Gasteiger partial charge in [-0.05, 0) is 19.6 Å². The third-order valence-electron chi connectivity index (χ3n) is 2.39. The smallest absolute Gasteiger partial charge is 0.0169 e. The van der Waals surface area contributed by atoms with Gasteiger partial charge in [-0.2, -0.15) is 11.8 Å². The maximum absolute atomic E-state index is 3.55. The van der Waals surface area contributed by atoms with Crippen molar-refractivity contribution in [3.05, 3.63) is 0 Å². The van der Waals surface area contributed by atoms with E-state index in [0.29, 0.717) is 12.1 Å². The summed E-state index contributed by atoms with van der Waals surface area (Å²) in [5, 5.41) is 3.55. The second kappa shape index (κ2) is 7.80. The molecule has 0 aromatic rings. The Labute approximate surface area is 98.6 Å². The number of nitrogens with zero attached hydrogens (tertiary/aromatic N) is 1. The first kappa shape index (κ1) is 14.6. The fourth-order valence-electron chi connectivity index (χ4n) is 1.96. The van der Waals surface area contributed by atoms with Gasteiger partial charge in [0.1, 0.15) is 0 Å². The van der Waals surface area contributed by atoms with E-state index in [9.17, 15) is 0 Å². The SMILES string of the molecule is CCSCCN1CC(C)NC(C)C1.Cl. The van der Waals surface area contributed by atoms with E-state index in [1.165, 1.54) is 31.1 Å². The molecule has 0 bridgehead atoms. The predicted octanol–water partition coefficient (Wildman–Crippen LogP) is 1.84. The molecule has 2 nitrogen and oxygen atoms in total. The standard InChI is InChI=1S/C10H22N2S.ClH/c1-4-13-6-5-12-7-9(2)11-10(3)8-12;/h9-11H,4-8H2,1-3H3;1H. The van der Waals surface area contributed by atoms with E-state index in [2.05, 4.69) is 31.0 Å². The summed E-state index contributed by atoms with van der Waals surface area (Å²) < 4.78 is 0. The second-order valence-corrected chi connectivity index (χ2v) is 5.32. The summed E-state index contributed by atoms with van der Waals surface area (Å²) in [7, 11) is 0. The molecular weight excluding hydrogens is 216 g/mol. The Morgan fingerprint density at radius 1 is 1.29 bits per heavy atom. The van der Waals surface area contributed by atoms with Gasteiger partial charge in [-0.3, -0.25) is 4.90 Å². The van der Waals surface area contributed by atoms with E-state index in [4.69, 9.17) is 0 Å². The van der Waals surface area contributed by atoms with Crippen molar-refractivity contribution in [1.82, 2.24) is 10.2 Å². The molecule has 4 heteroatoms. The van der Waals surface area contributed by atoms with Crippen LogP contribution in [0.4, 0.5) is 0 Å². The fraction of sp³-hybridized carbons (Fsp3) is 1.00. The zero-order valence-corrected chi connectivity index (χ0v) is 11.1. The first-order valence-corrected chi connectivity index (χ1v) is 6.44. The van der Waals surface area contributed by atoms with Crippen LogP contribution in [0.15, 0.2) is 0 Å². The van der Waals surface area contributed by atoms with Gasteiger partial charge < -0.3 is 5.32 Å². The Morgan fingerprint density at radius 2 is 1.86 bits per heavy atom. The number of hydrogen-bond acceptors (Lipinski definition) is 3. The Kier molecular flexibility index (Phi) is 8.11. The molecule has 1 aliphatic heterocycles. The van der Waals surface area contributed by atoms with Crippen LogP contribution in [0, 0.1) is 0 Å². The van der Waals surface area contributed by atoms with Gasteiger partial charge in [-0.15, -0.1) is 12.4 Å². The molecule has 1 saturated heterocycles. The minimum absolute atomic E-state index is 0. The summed E-state index contributed by atoms with van der Waals surface area (Å²) in [5.41, 5.74) is 0. The van der Waals surface area contributed by atoms with Gasteiger partial charge in [0, 0.05) is 37.5 Å². The molecule has 0 radical (unpaired) electrons. The Balaban J connectivity index is 0.00000169. The highest BCUT2D eigenvalue weighted by atomic mass is 35.5. The molecule has 2 unspecified atom stereocenters. The molecule has 0 amide bonds. The molecule has 86 valence electrons. The Hall–Kier alpha value is 0.560. The van der Waals surface area contributed by atoms with Crippen molar-refractivity contribution in [3.8, 4) is 0 Å². The van der Waals surface area contributed by atoms with E-state index in [1.54, 1.807) is 0 Å². The zero-order chi connectivity index (χ0) is 9.68. The number of halogens is 1. The van der Waals surface area contributed by atoms with Crippen LogP contribution in [-0.4, -0.2) is 48.1 Å².